The van der Waals surface area contributed by atoms with Crippen molar-refractivity contribution in [3.63, 3.8) is 0 Å². The Labute approximate surface area is 129 Å². The van der Waals surface area contributed by atoms with Crippen LogP contribution >= 0.6 is 0 Å². The van der Waals surface area contributed by atoms with Crippen LogP contribution in [0.15, 0.2) is 48.5 Å². The molecule has 1 heterocycles. The number of anilines is 1. The number of methoxy groups -OCH3 is 1. The number of rotatable bonds is 3. The fraction of sp³-hybridized carbons (Fsp3) is 0.167. The summed E-state index contributed by atoms with van der Waals surface area (Å²) < 4.78 is 5.23. The third-order valence-corrected chi connectivity index (χ3v) is 3.71. The first kappa shape index (κ1) is 14.4. The van der Waals surface area contributed by atoms with Gasteiger partial charge in [0.2, 0.25) is 0 Å². The van der Waals surface area contributed by atoms with E-state index in [9.17, 15) is 5.11 Å². The van der Waals surface area contributed by atoms with E-state index >= 15 is 0 Å². The molecule has 0 aliphatic rings. The average molecular weight is 294 g/mol. The molecule has 4 heteroatoms. The van der Waals surface area contributed by atoms with Crippen LogP contribution in [0.3, 0.4) is 0 Å². The number of aliphatic hydroxyl groups is 1. The smallest absolute Gasteiger partial charge is 0.142 e. The fourth-order valence-electron chi connectivity index (χ4n) is 2.46. The van der Waals surface area contributed by atoms with E-state index in [1.165, 1.54) is 0 Å². The molecule has 3 rings (SSSR count). The molecule has 2 aromatic carbocycles. The zero-order valence-corrected chi connectivity index (χ0v) is 12.6. The third-order valence-electron chi connectivity index (χ3n) is 3.71. The number of aromatic nitrogens is 1. The molecule has 0 spiro atoms. The minimum absolute atomic E-state index is 0.500. The average Bonchev–Trinajstić information content (AvgIpc) is 2.53. The number of nitrogen functional groups attached to an aromatic ring is 1. The third kappa shape index (κ3) is 2.61. The van der Waals surface area contributed by atoms with Gasteiger partial charge in [0.15, 0.2) is 0 Å². The van der Waals surface area contributed by atoms with Gasteiger partial charge >= 0.3 is 0 Å². The largest absolute Gasteiger partial charge is 0.495 e. The van der Waals surface area contributed by atoms with Gasteiger partial charge in [-0.15, -0.1) is 0 Å². The number of pyridine rings is 1. The van der Waals surface area contributed by atoms with Crippen LogP contribution < -0.4 is 10.5 Å². The lowest BCUT2D eigenvalue weighted by molar-refractivity contribution is 0.199. The molecule has 1 atom stereocenters. The first-order valence-corrected chi connectivity index (χ1v) is 7.11. The van der Waals surface area contributed by atoms with Crippen molar-refractivity contribution in [1.82, 2.24) is 4.98 Å². The second-order valence-electron chi connectivity index (χ2n) is 5.28. The summed E-state index contributed by atoms with van der Waals surface area (Å²) in [7, 11) is 1.60. The van der Waals surface area contributed by atoms with Gasteiger partial charge in [-0.1, -0.05) is 24.3 Å². The van der Waals surface area contributed by atoms with Gasteiger partial charge in [-0.05, 0) is 36.8 Å². The molecule has 0 bridgehead atoms. The maximum absolute atomic E-state index is 9.71. The molecule has 4 nitrogen and oxygen atoms in total. The molecule has 0 saturated heterocycles. The number of nitrogens with zero attached hydrogens (tertiary/aromatic N) is 1. The van der Waals surface area contributed by atoms with Gasteiger partial charge in [-0.3, -0.25) is 0 Å². The first-order valence-electron chi connectivity index (χ1n) is 7.11. The van der Waals surface area contributed by atoms with E-state index in [2.05, 4.69) is 4.98 Å². The summed E-state index contributed by atoms with van der Waals surface area (Å²) in [6.45, 7) is 1.75. The minimum Gasteiger partial charge on any atom is -0.495 e. The molecular formula is C18H18N2O2. The Balaban J connectivity index is 2.10. The molecule has 22 heavy (non-hydrogen) atoms. The Hall–Kier alpha value is -2.59. The molecule has 3 aromatic rings. The van der Waals surface area contributed by atoms with Crippen molar-refractivity contribution in [2.75, 3.05) is 12.8 Å². The molecular weight excluding hydrogens is 276 g/mol. The van der Waals surface area contributed by atoms with Crippen molar-refractivity contribution in [3.8, 4) is 17.0 Å². The van der Waals surface area contributed by atoms with Gasteiger partial charge in [0.25, 0.3) is 0 Å². The van der Waals surface area contributed by atoms with Gasteiger partial charge < -0.3 is 15.6 Å². The van der Waals surface area contributed by atoms with E-state index in [4.69, 9.17) is 10.5 Å². The first-order chi connectivity index (χ1) is 10.6. The Kier molecular flexibility index (Phi) is 3.69. The lowest BCUT2D eigenvalue weighted by Crippen LogP contribution is -1.94. The Bertz CT molecular complexity index is 828. The van der Waals surface area contributed by atoms with Crippen LogP contribution in [0.5, 0.6) is 5.75 Å². The van der Waals surface area contributed by atoms with E-state index in [0.717, 1.165) is 27.7 Å². The summed E-state index contributed by atoms with van der Waals surface area (Å²) in [4.78, 5) is 4.66. The maximum atomic E-state index is 9.71. The number of hydrogen-bond acceptors (Lipinski definition) is 4. The molecule has 1 unspecified atom stereocenters. The van der Waals surface area contributed by atoms with Gasteiger partial charge in [-0.2, -0.15) is 0 Å². The molecule has 0 aliphatic heterocycles. The number of aliphatic hydroxyl groups excluding tert-OH is 1. The maximum Gasteiger partial charge on any atom is 0.142 e. The normalized spacial score (nSPS) is 12.3. The highest BCUT2D eigenvalue weighted by Crippen LogP contribution is 2.29. The predicted octanol–water partition coefficient (Wildman–Crippen LogP) is 3.55. The van der Waals surface area contributed by atoms with Crippen molar-refractivity contribution in [2.45, 2.75) is 13.0 Å². The Morgan fingerprint density at radius 1 is 1.14 bits per heavy atom. The summed E-state index contributed by atoms with van der Waals surface area (Å²) in [6, 6.07) is 15.4. The van der Waals surface area contributed by atoms with Crippen molar-refractivity contribution >= 4 is 16.6 Å². The summed E-state index contributed by atoms with van der Waals surface area (Å²) in [5.74, 6) is 0.651. The van der Waals surface area contributed by atoms with Crippen LogP contribution in [0, 0.1) is 0 Å². The van der Waals surface area contributed by atoms with E-state index in [0.29, 0.717) is 11.4 Å². The second-order valence-corrected chi connectivity index (χ2v) is 5.28. The highest BCUT2D eigenvalue weighted by molar-refractivity contribution is 5.87. The van der Waals surface area contributed by atoms with Crippen LogP contribution in [0.4, 0.5) is 5.69 Å². The van der Waals surface area contributed by atoms with Crippen molar-refractivity contribution < 1.29 is 9.84 Å². The summed E-state index contributed by atoms with van der Waals surface area (Å²) in [5, 5.41) is 10.7. The number of ether oxygens (including phenoxy) is 1. The molecule has 0 fully saturated rings. The number of fused-ring (bicyclic) bond motifs is 1. The van der Waals surface area contributed by atoms with E-state index in [1.807, 2.05) is 48.5 Å². The van der Waals surface area contributed by atoms with Gasteiger partial charge in [-0.25, -0.2) is 4.98 Å². The predicted molar refractivity (Wildman–Crippen MR) is 88.8 cm³/mol. The van der Waals surface area contributed by atoms with E-state index < -0.39 is 6.10 Å². The highest BCUT2D eigenvalue weighted by atomic mass is 16.5. The summed E-state index contributed by atoms with van der Waals surface area (Å²) in [6.07, 6.45) is -0.500. The second kappa shape index (κ2) is 5.66. The zero-order chi connectivity index (χ0) is 15.7. The van der Waals surface area contributed by atoms with E-state index in [1.54, 1.807) is 14.0 Å². The van der Waals surface area contributed by atoms with Crippen LogP contribution in [0.1, 0.15) is 18.6 Å². The van der Waals surface area contributed by atoms with Crippen LogP contribution in [0.2, 0.25) is 0 Å². The van der Waals surface area contributed by atoms with Gasteiger partial charge in [0.05, 0.1) is 30.1 Å². The van der Waals surface area contributed by atoms with Crippen molar-refractivity contribution in [2.24, 2.45) is 0 Å². The molecule has 0 aliphatic carbocycles. The summed E-state index contributed by atoms with van der Waals surface area (Å²) >= 11 is 0. The van der Waals surface area contributed by atoms with Crippen molar-refractivity contribution in [3.05, 3.63) is 54.1 Å². The molecule has 0 saturated carbocycles. The number of benzene rings is 2. The number of hydrogen-bond donors (Lipinski definition) is 2. The molecule has 0 radical (unpaired) electrons. The monoisotopic (exact) mass is 294 g/mol. The topological polar surface area (TPSA) is 68.4 Å². The number of nitrogens with two attached hydrogens (primary N) is 1. The zero-order valence-electron chi connectivity index (χ0n) is 12.6. The van der Waals surface area contributed by atoms with E-state index in [-0.39, 0.29) is 0 Å². The minimum atomic E-state index is -0.500. The Morgan fingerprint density at radius 2 is 1.95 bits per heavy atom. The molecule has 3 N–H and O–H groups in total. The standard InChI is InChI=1S/C18H18N2O2/c1-11(21)12-4-3-5-13(8-12)16-7-6-14-9-18(22-2)15(19)10-17(14)20-16/h3-11,21H,19H2,1-2H3. The molecule has 112 valence electrons. The molecule has 1 aromatic heterocycles. The lowest BCUT2D eigenvalue weighted by atomic mass is 10.0. The van der Waals surface area contributed by atoms with Crippen LogP contribution in [-0.2, 0) is 0 Å². The SMILES string of the molecule is COc1cc2ccc(-c3cccc(C(C)O)c3)nc2cc1N. The van der Waals surface area contributed by atoms with Gasteiger partial charge in [0, 0.05) is 10.9 Å². The van der Waals surface area contributed by atoms with Gasteiger partial charge in [0.1, 0.15) is 5.75 Å². The van der Waals surface area contributed by atoms with Crippen LogP contribution in [-0.4, -0.2) is 17.2 Å². The fourth-order valence-corrected chi connectivity index (χ4v) is 2.46. The lowest BCUT2D eigenvalue weighted by Gasteiger charge is -2.09. The summed E-state index contributed by atoms with van der Waals surface area (Å²) in [5.41, 5.74) is 10.0. The molecule has 0 amide bonds. The quantitative estimate of drug-likeness (QED) is 0.725. The Morgan fingerprint density at radius 3 is 2.68 bits per heavy atom. The van der Waals surface area contributed by atoms with Crippen molar-refractivity contribution in [1.29, 1.82) is 0 Å². The van der Waals surface area contributed by atoms with Crippen LogP contribution in [0.25, 0.3) is 22.2 Å². The highest BCUT2D eigenvalue weighted by Gasteiger charge is 2.07.